The van der Waals surface area contributed by atoms with Gasteiger partial charge in [-0.15, -0.1) is 0 Å². The molecule has 2 unspecified atom stereocenters. The van der Waals surface area contributed by atoms with Crippen molar-refractivity contribution in [3.8, 4) is 0 Å². The number of ether oxygens (including phenoxy) is 2. The van der Waals surface area contributed by atoms with E-state index < -0.39 is 11.6 Å². The van der Waals surface area contributed by atoms with Crippen LogP contribution in [0.5, 0.6) is 0 Å². The molecule has 2 rings (SSSR count). The van der Waals surface area contributed by atoms with Crippen molar-refractivity contribution in [2.75, 3.05) is 18.5 Å². The zero-order valence-corrected chi connectivity index (χ0v) is 15.5. The second-order valence-electron chi connectivity index (χ2n) is 7.12. The van der Waals surface area contributed by atoms with Gasteiger partial charge in [0.15, 0.2) is 0 Å². The summed E-state index contributed by atoms with van der Waals surface area (Å²) < 4.78 is 10.7. The maximum atomic E-state index is 12.5. The van der Waals surface area contributed by atoms with Crippen LogP contribution in [-0.4, -0.2) is 47.8 Å². The molecule has 1 fully saturated rings. The zero-order valence-electron chi connectivity index (χ0n) is 15.5. The number of nitrogens with one attached hydrogen (secondary N) is 1. The van der Waals surface area contributed by atoms with Crippen molar-refractivity contribution in [2.24, 2.45) is 0 Å². The number of esters is 1. The molecule has 0 saturated carbocycles. The predicted molar refractivity (Wildman–Crippen MR) is 96.4 cm³/mol. The van der Waals surface area contributed by atoms with Gasteiger partial charge in [-0.3, -0.25) is 0 Å². The Hall–Kier alpha value is -2.24. The molecule has 0 aliphatic carbocycles. The fourth-order valence-electron chi connectivity index (χ4n) is 2.94. The van der Waals surface area contributed by atoms with Gasteiger partial charge in [-0.2, -0.15) is 0 Å². The Labute approximate surface area is 149 Å². The van der Waals surface area contributed by atoms with Gasteiger partial charge in [0.05, 0.1) is 12.6 Å². The van der Waals surface area contributed by atoms with Gasteiger partial charge in [-0.05, 0) is 52.7 Å². The van der Waals surface area contributed by atoms with Crippen LogP contribution in [0.2, 0.25) is 0 Å². The molecule has 0 spiro atoms. The minimum absolute atomic E-state index is 0.297. The van der Waals surface area contributed by atoms with Gasteiger partial charge in [0, 0.05) is 12.2 Å². The number of hydrogen-bond donors (Lipinski definition) is 1. The molecule has 1 amide bonds. The molecular weight excluding hydrogens is 320 g/mol. The first-order chi connectivity index (χ1) is 11.8. The summed E-state index contributed by atoms with van der Waals surface area (Å²) in [6, 6.07) is 8.55. The Morgan fingerprint density at radius 1 is 1.28 bits per heavy atom. The van der Waals surface area contributed by atoms with Crippen molar-refractivity contribution < 1.29 is 19.1 Å². The summed E-state index contributed by atoms with van der Waals surface area (Å²) in [5.74, 6) is -0.355. The fraction of sp³-hybridized carbons (Fsp3) is 0.579. The molecule has 1 saturated heterocycles. The molecule has 1 aromatic carbocycles. The molecule has 138 valence electrons. The topological polar surface area (TPSA) is 67.9 Å². The zero-order chi connectivity index (χ0) is 18.4. The molecule has 1 heterocycles. The second-order valence-corrected chi connectivity index (χ2v) is 7.12. The lowest BCUT2D eigenvalue weighted by atomic mass is 10.1. The van der Waals surface area contributed by atoms with E-state index in [1.807, 2.05) is 51.1 Å². The highest BCUT2D eigenvalue weighted by molar-refractivity contribution is 5.81. The Kier molecular flexibility index (Phi) is 6.28. The van der Waals surface area contributed by atoms with Gasteiger partial charge in [0.2, 0.25) is 0 Å². The number of hydrogen-bond acceptors (Lipinski definition) is 5. The first-order valence-electron chi connectivity index (χ1n) is 8.79. The molecule has 0 radical (unpaired) electrons. The average Bonchev–Trinajstić information content (AvgIpc) is 3.01. The van der Waals surface area contributed by atoms with Crippen molar-refractivity contribution in [3.05, 3.63) is 30.3 Å². The van der Waals surface area contributed by atoms with Crippen LogP contribution in [0.1, 0.15) is 40.5 Å². The van der Waals surface area contributed by atoms with Gasteiger partial charge in [0.25, 0.3) is 0 Å². The summed E-state index contributed by atoms with van der Waals surface area (Å²) in [6.07, 6.45) is 1.16. The first-order valence-corrected chi connectivity index (χ1v) is 8.79. The Morgan fingerprint density at radius 3 is 2.56 bits per heavy atom. The number of benzene rings is 1. The van der Waals surface area contributed by atoms with Crippen LogP contribution in [0.3, 0.4) is 0 Å². The van der Waals surface area contributed by atoms with E-state index in [0.29, 0.717) is 13.2 Å². The first kappa shape index (κ1) is 19.1. The van der Waals surface area contributed by atoms with Gasteiger partial charge in [0.1, 0.15) is 11.6 Å². The van der Waals surface area contributed by atoms with Crippen molar-refractivity contribution in [2.45, 2.75) is 58.2 Å². The van der Waals surface area contributed by atoms with E-state index in [0.717, 1.165) is 18.5 Å². The molecule has 6 heteroatoms. The minimum Gasteiger partial charge on any atom is -0.464 e. The number of carbonyl (C=O) groups is 2. The van der Waals surface area contributed by atoms with Crippen LogP contribution in [0.4, 0.5) is 10.5 Å². The summed E-state index contributed by atoms with van der Waals surface area (Å²) >= 11 is 0. The third-order valence-electron chi connectivity index (χ3n) is 3.95. The molecular formula is C19H28N2O4. The normalized spacial score (nSPS) is 18.6. The highest BCUT2D eigenvalue weighted by atomic mass is 16.6. The summed E-state index contributed by atoms with van der Waals surface area (Å²) in [7, 11) is 0. The fourth-order valence-corrected chi connectivity index (χ4v) is 2.94. The number of anilines is 1. The molecule has 1 aliphatic rings. The monoisotopic (exact) mass is 348 g/mol. The van der Waals surface area contributed by atoms with E-state index in [9.17, 15) is 9.59 Å². The van der Waals surface area contributed by atoms with Crippen LogP contribution in [-0.2, 0) is 14.3 Å². The van der Waals surface area contributed by atoms with Crippen LogP contribution in [0.25, 0.3) is 0 Å². The van der Waals surface area contributed by atoms with Gasteiger partial charge < -0.3 is 19.7 Å². The second kappa shape index (κ2) is 8.23. The number of carbonyl (C=O) groups excluding carboxylic acids is 2. The van der Waals surface area contributed by atoms with E-state index in [2.05, 4.69) is 5.32 Å². The largest absolute Gasteiger partial charge is 0.464 e. The van der Waals surface area contributed by atoms with Gasteiger partial charge >= 0.3 is 12.1 Å². The highest BCUT2D eigenvalue weighted by Gasteiger charge is 2.41. The van der Waals surface area contributed by atoms with Crippen LogP contribution in [0.15, 0.2) is 30.3 Å². The molecule has 1 aromatic rings. The maximum absolute atomic E-state index is 12.5. The lowest BCUT2D eigenvalue weighted by Gasteiger charge is -2.32. The predicted octanol–water partition coefficient (Wildman–Crippen LogP) is 3.43. The summed E-state index contributed by atoms with van der Waals surface area (Å²) in [5.41, 5.74) is 0.243. The molecule has 6 nitrogen and oxygen atoms in total. The van der Waals surface area contributed by atoms with Crippen molar-refractivity contribution in [3.63, 3.8) is 0 Å². The standard InChI is InChI=1S/C19H28N2O4/c1-5-24-17(22)16(20-14-10-7-6-8-11-14)15-12-9-13-21(15)18(23)25-19(2,3)4/h6-8,10-11,15-16,20H,5,9,12-13H2,1-4H3. The number of amides is 1. The third kappa shape index (κ3) is 5.37. The van der Waals surface area contributed by atoms with E-state index in [-0.39, 0.29) is 18.1 Å². The molecule has 25 heavy (non-hydrogen) atoms. The van der Waals surface area contributed by atoms with Crippen LogP contribution >= 0.6 is 0 Å². The van der Waals surface area contributed by atoms with E-state index in [4.69, 9.17) is 9.47 Å². The number of likely N-dealkylation sites (tertiary alicyclic amines) is 1. The molecule has 1 N–H and O–H groups in total. The number of rotatable bonds is 5. The van der Waals surface area contributed by atoms with Crippen LogP contribution in [0, 0.1) is 0 Å². The van der Waals surface area contributed by atoms with E-state index >= 15 is 0 Å². The molecule has 1 aliphatic heterocycles. The Bertz CT molecular complexity index is 583. The molecule has 2 atom stereocenters. The minimum atomic E-state index is -0.627. The molecule has 0 bridgehead atoms. The smallest absolute Gasteiger partial charge is 0.410 e. The van der Waals surface area contributed by atoms with Gasteiger partial charge in [-0.25, -0.2) is 9.59 Å². The average molecular weight is 348 g/mol. The Morgan fingerprint density at radius 2 is 1.96 bits per heavy atom. The van der Waals surface area contributed by atoms with Crippen molar-refractivity contribution >= 4 is 17.7 Å². The maximum Gasteiger partial charge on any atom is 0.410 e. The quantitative estimate of drug-likeness (QED) is 0.826. The summed E-state index contributed by atoms with van der Waals surface area (Å²) in [4.78, 5) is 26.7. The summed E-state index contributed by atoms with van der Waals surface area (Å²) in [6.45, 7) is 8.15. The SMILES string of the molecule is CCOC(=O)C(Nc1ccccc1)C1CCCN1C(=O)OC(C)(C)C. The molecule has 0 aromatic heterocycles. The van der Waals surface area contributed by atoms with Gasteiger partial charge in [-0.1, -0.05) is 18.2 Å². The van der Waals surface area contributed by atoms with E-state index in [1.54, 1.807) is 11.8 Å². The third-order valence-corrected chi connectivity index (χ3v) is 3.95. The lowest BCUT2D eigenvalue weighted by Crippen LogP contribution is -2.51. The summed E-state index contributed by atoms with van der Waals surface area (Å²) in [5, 5.41) is 3.23. The van der Waals surface area contributed by atoms with E-state index in [1.165, 1.54) is 0 Å². The Balaban J connectivity index is 2.19. The lowest BCUT2D eigenvalue weighted by molar-refractivity contribution is -0.145. The van der Waals surface area contributed by atoms with Crippen molar-refractivity contribution in [1.29, 1.82) is 0 Å². The number of para-hydroxylation sites is 1. The highest BCUT2D eigenvalue weighted by Crippen LogP contribution is 2.26. The van der Waals surface area contributed by atoms with Crippen molar-refractivity contribution in [1.82, 2.24) is 4.90 Å². The number of nitrogens with zero attached hydrogens (tertiary/aromatic N) is 1. The van der Waals surface area contributed by atoms with Crippen LogP contribution < -0.4 is 5.32 Å².